The first-order chi connectivity index (χ1) is 56.5. The number of para-hydroxylation sites is 4. The zero-order valence-corrected chi connectivity index (χ0v) is 61.6. The Morgan fingerprint density at radius 3 is 1.37 bits per heavy atom. The zero-order chi connectivity index (χ0) is 74.9. The van der Waals surface area contributed by atoms with Gasteiger partial charge in [-0.3, -0.25) is 9.13 Å². The second kappa shape index (κ2) is 26.2. The second-order valence-corrected chi connectivity index (χ2v) is 29.6. The van der Waals surface area contributed by atoms with Crippen LogP contribution in [0.15, 0.2) is 388 Å². The quantitative estimate of drug-likeness (QED) is 0.120. The van der Waals surface area contributed by atoms with Crippen molar-refractivity contribution in [2.24, 2.45) is 0 Å². The largest absolute Gasteiger partial charge is 0.333 e. The third-order valence-electron chi connectivity index (χ3n) is 23.2. The molecule has 10 heteroatoms. The van der Waals surface area contributed by atoms with Crippen molar-refractivity contribution in [2.45, 2.75) is 12.0 Å². The zero-order valence-electron chi connectivity index (χ0n) is 61.6. The normalized spacial score (nSPS) is 13.9. The number of fused-ring (bicyclic) bond motifs is 14. The fraction of sp³-hybridized carbons (Fsp3) is 0.0192. The van der Waals surface area contributed by atoms with Gasteiger partial charge in [-0.25, -0.2) is 9.97 Å². The van der Waals surface area contributed by atoms with Crippen LogP contribution in [0.1, 0.15) is 11.5 Å². The van der Waals surface area contributed by atoms with E-state index >= 15 is 0 Å². The Balaban J connectivity index is 0.748. The third-order valence-corrected chi connectivity index (χ3v) is 23.2. The molecule has 2 atom stereocenters. The predicted octanol–water partition coefficient (Wildman–Crippen LogP) is 25.7. The molecule has 0 saturated heterocycles. The minimum atomic E-state index is 0.148. The highest BCUT2D eigenvalue weighted by atomic mass is 15.2. The van der Waals surface area contributed by atoms with Crippen LogP contribution < -0.4 is 4.90 Å². The fourth-order valence-electron chi connectivity index (χ4n) is 18.2. The van der Waals surface area contributed by atoms with E-state index in [0.29, 0.717) is 35.2 Å². The van der Waals surface area contributed by atoms with Crippen LogP contribution in [0.2, 0.25) is 0 Å². The first kappa shape index (κ1) is 64.7. The lowest BCUT2D eigenvalue weighted by Crippen LogP contribution is -2.28. The summed E-state index contributed by atoms with van der Waals surface area (Å²) < 4.78 is 6.99. The summed E-state index contributed by atoms with van der Waals surface area (Å²) in [4.78, 5) is 35.9. The molecule has 10 nitrogen and oxygen atoms in total. The molecular weight excluding hydrogens is 1390 g/mol. The van der Waals surface area contributed by atoms with Gasteiger partial charge in [0.2, 0.25) is 11.9 Å². The molecule has 5 aromatic heterocycles. The SMILES string of the molecule is C1=CC2c3ccccc3N(c3ccc(-c4c5ccccc5cc5c6c(-c7cccc(-c8nc(-c9ccccc9)nc(-n9c%10ccccc%10c%10cc%11ccccc%11c(-c%11ccc%12c%13ccccc%13n(-c%13ccccc%13)c%12c%11)c%109)n8)c7)cccc6n(-c6nc(-c7ccccc7)nc(-c7ccc(-c8ccccc8)cc7)n6)c45)cc3)C2C=C1. The van der Waals surface area contributed by atoms with Crippen LogP contribution in [0.25, 0.3) is 195 Å². The van der Waals surface area contributed by atoms with Crippen molar-refractivity contribution >= 4 is 98.3 Å². The van der Waals surface area contributed by atoms with Crippen molar-refractivity contribution in [3.63, 3.8) is 0 Å². The summed E-state index contributed by atoms with van der Waals surface area (Å²) in [7, 11) is 0. The highest BCUT2D eigenvalue weighted by Gasteiger charge is 2.37. The van der Waals surface area contributed by atoms with Crippen molar-refractivity contribution in [3.05, 3.63) is 394 Å². The first-order valence-corrected chi connectivity index (χ1v) is 38.8. The van der Waals surface area contributed by atoms with Crippen molar-refractivity contribution < 1.29 is 0 Å². The summed E-state index contributed by atoms with van der Waals surface area (Å²) in [5.41, 5.74) is 22.9. The maximum atomic E-state index is 5.74. The molecule has 0 saturated carbocycles. The third kappa shape index (κ3) is 10.4. The van der Waals surface area contributed by atoms with Crippen LogP contribution in [-0.2, 0) is 0 Å². The van der Waals surface area contributed by atoms with Gasteiger partial charge >= 0.3 is 0 Å². The second-order valence-electron chi connectivity index (χ2n) is 29.6. The van der Waals surface area contributed by atoms with E-state index in [1.165, 1.54) is 22.0 Å². The minimum absolute atomic E-state index is 0.148. The van der Waals surface area contributed by atoms with Gasteiger partial charge in [0.05, 0.1) is 39.1 Å². The molecule has 0 N–H and O–H groups in total. The molecule has 23 rings (SSSR count). The lowest BCUT2D eigenvalue weighted by Gasteiger charge is -2.29. The van der Waals surface area contributed by atoms with Gasteiger partial charge in [-0.05, 0) is 133 Å². The van der Waals surface area contributed by atoms with E-state index in [2.05, 4.69) is 364 Å². The highest BCUT2D eigenvalue weighted by molar-refractivity contribution is 6.25. The van der Waals surface area contributed by atoms with Crippen LogP contribution >= 0.6 is 0 Å². The Morgan fingerprint density at radius 1 is 0.246 bits per heavy atom. The number of benzene rings is 16. The number of hydrogen-bond donors (Lipinski definition) is 0. The lowest BCUT2D eigenvalue weighted by molar-refractivity contribution is 0.745. The van der Waals surface area contributed by atoms with Gasteiger partial charge in [0.25, 0.3) is 0 Å². The number of nitrogens with zero attached hydrogens (tertiary/aromatic N) is 10. The monoisotopic (exact) mass is 1450 g/mol. The Labute approximate surface area is 656 Å². The van der Waals surface area contributed by atoms with E-state index in [1.54, 1.807) is 0 Å². The van der Waals surface area contributed by atoms with E-state index in [9.17, 15) is 0 Å². The average molecular weight is 1460 g/mol. The van der Waals surface area contributed by atoms with Crippen LogP contribution in [-0.4, -0.2) is 49.6 Å². The molecule has 0 spiro atoms. The molecule has 6 heterocycles. The van der Waals surface area contributed by atoms with Gasteiger partial charge in [0, 0.05) is 88.7 Å². The van der Waals surface area contributed by atoms with Gasteiger partial charge in [0.15, 0.2) is 23.3 Å². The van der Waals surface area contributed by atoms with Crippen molar-refractivity contribution in [2.75, 3.05) is 4.90 Å². The molecule has 2 unspecified atom stereocenters. The highest BCUT2D eigenvalue weighted by Crippen LogP contribution is 2.51. The van der Waals surface area contributed by atoms with Gasteiger partial charge in [-0.2, -0.15) is 19.9 Å². The molecule has 0 amide bonds. The molecule has 16 aromatic carbocycles. The number of rotatable bonds is 12. The first-order valence-electron chi connectivity index (χ1n) is 38.8. The molecule has 0 radical (unpaired) electrons. The summed E-state index contributed by atoms with van der Waals surface area (Å²) in [6, 6.07) is 131. The predicted molar refractivity (Wildman–Crippen MR) is 468 cm³/mol. The standard InChI is InChI=1S/C104H66N10/c1-5-27-65(28-6-1)66-51-53-70(54-52-66)101-105-99(68-29-7-2-8-30-68)108-104(109-101)114-92-50-26-45-80(96(92)87-63-73-34-14-15-39-78(73)94(98(87)114)67-55-58-77(59-56-67)111-88-46-21-17-41-81(88)82-42-18-22-47-89(82)111)71-35-25-36-75(61-71)102-106-100(69-31-9-3-10-32-69)107-103(110-102)113-91-49-24-20-44-84(91)86-62-72-33-13-16-40-79(72)95(97(86)113)74-57-60-85-83-43-19-23-48-90(83)112(93(85)64-74)76-37-11-4-12-38-76/h1-64,81,88H. The minimum Gasteiger partial charge on any atom is -0.333 e. The average Bonchev–Trinajstić information content (AvgIpc) is 1.55. The van der Waals surface area contributed by atoms with E-state index in [0.717, 1.165) is 154 Å². The number of anilines is 2. The summed E-state index contributed by atoms with van der Waals surface area (Å²) >= 11 is 0. The lowest BCUT2D eigenvalue weighted by atomic mass is 9.91. The van der Waals surface area contributed by atoms with Crippen LogP contribution in [0.4, 0.5) is 11.4 Å². The van der Waals surface area contributed by atoms with Crippen molar-refractivity contribution in [3.8, 4) is 108 Å². The van der Waals surface area contributed by atoms with E-state index < -0.39 is 0 Å². The van der Waals surface area contributed by atoms with Crippen LogP contribution in [0, 0.1) is 0 Å². The summed E-state index contributed by atoms with van der Waals surface area (Å²) in [5, 5.41) is 11.1. The van der Waals surface area contributed by atoms with Crippen molar-refractivity contribution in [1.29, 1.82) is 0 Å². The number of hydrogen-bond acceptors (Lipinski definition) is 7. The van der Waals surface area contributed by atoms with Gasteiger partial charge < -0.3 is 9.47 Å². The van der Waals surface area contributed by atoms with Crippen molar-refractivity contribution in [1.82, 2.24) is 43.6 Å². The molecule has 114 heavy (non-hydrogen) atoms. The smallest absolute Gasteiger partial charge is 0.238 e. The van der Waals surface area contributed by atoms with Crippen LogP contribution in [0.5, 0.6) is 0 Å². The number of allylic oxidation sites excluding steroid dienone is 2. The molecule has 2 aliphatic rings. The molecule has 532 valence electrons. The fourth-order valence-corrected chi connectivity index (χ4v) is 18.2. The summed E-state index contributed by atoms with van der Waals surface area (Å²) in [6.07, 6.45) is 9.05. The van der Waals surface area contributed by atoms with Crippen LogP contribution in [0.3, 0.4) is 0 Å². The molecule has 1 aliphatic heterocycles. The molecule has 21 aromatic rings. The summed E-state index contributed by atoms with van der Waals surface area (Å²) in [5.74, 6) is 3.44. The van der Waals surface area contributed by atoms with Gasteiger partial charge in [-0.1, -0.05) is 315 Å². The van der Waals surface area contributed by atoms with Gasteiger partial charge in [-0.15, -0.1) is 0 Å². The summed E-state index contributed by atoms with van der Waals surface area (Å²) in [6.45, 7) is 0. The Hall–Kier alpha value is -15.3. The van der Waals surface area contributed by atoms with Gasteiger partial charge in [0.1, 0.15) is 0 Å². The topological polar surface area (TPSA) is 95.4 Å². The van der Waals surface area contributed by atoms with E-state index in [-0.39, 0.29) is 12.0 Å². The Kier molecular flexibility index (Phi) is 14.9. The van der Waals surface area contributed by atoms with E-state index in [4.69, 9.17) is 29.9 Å². The number of aromatic nitrogens is 9. The maximum absolute atomic E-state index is 5.74. The molecule has 1 aliphatic carbocycles. The van der Waals surface area contributed by atoms with E-state index in [1.807, 2.05) is 42.5 Å². The Bertz CT molecular complexity index is 7530. The molecule has 0 bridgehead atoms. The Morgan fingerprint density at radius 2 is 0.693 bits per heavy atom. The molecule has 0 fully saturated rings. The molecular formula is C104H66N10. The maximum Gasteiger partial charge on any atom is 0.238 e.